The van der Waals surface area contributed by atoms with Crippen LogP contribution in [0.1, 0.15) is 33.3 Å². The minimum atomic E-state index is -0.982. The lowest BCUT2D eigenvalue weighted by Gasteiger charge is -2.32. The zero-order valence-electron chi connectivity index (χ0n) is 12.7. The quantitative estimate of drug-likeness (QED) is 0.656. The number of alkyl halides is 1. The number of halogens is 1. The Bertz CT molecular complexity index is 743. The van der Waals surface area contributed by atoms with Crippen molar-refractivity contribution in [2.75, 3.05) is 6.54 Å². The second-order valence-corrected chi connectivity index (χ2v) is 6.09. The highest BCUT2D eigenvalue weighted by molar-refractivity contribution is 6.21. The number of benzene rings is 2. The van der Waals surface area contributed by atoms with E-state index >= 15 is 0 Å². The van der Waals surface area contributed by atoms with E-state index in [2.05, 4.69) is 24.8 Å². The highest BCUT2D eigenvalue weighted by Gasteiger charge is 2.30. The normalized spacial score (nSPS) is 16.7. The van der Waals surface area contributed by atoms with Gasteiger partial charge in [-0.2, -0.15) is 0 Å². The van der Waals surface area contributed by atoms with E-state index in [1.807, 2.05) is 30.3 Å². The summed E-state index contributed by atoms with van der Waals surface area (Å²) in [6, 6.07) is 14.3. The second-order valence-electron chi connectivity index (χ2n) is 5.68. The van der Waals surface area contributed by atoms with Gasteiger partial charge in [0.05, 0.1) is 0 Å². The smallest absolute Gasteiger partial charge is 0.408 e. The van der Waals surface area contributed by atoms with Crippen molar-refractivity contribution in [2.24, 2.45) is 0 Å². The molecular formula is C19H18ClNO2. The molecule has 0 fully saturated rings. The van der Waals surface area contributed by atoms with Gasteiger partial charge in [0.25, 0.3) is 0 Å². The summed E-state index contributed by atoms with van der Waals surface area (Å²) in [7, 11) is 0. The first-order valence-electron chi connectivity index (χ1n) is 7.56. The van der Waals surface area contributed by atoms with E-state index in [0.717, 1.165) is 28.7 Å². The molecule has 0 aromatic heterocycles. The van der Waals surface area contributed by atoms with Crippen LogP contribution in [0.5, 0.6) is 0 Å². The summed E-state index contributed by atoms with van der Waals surface area (Å²) in [6.45, 7) is 4.31. The zero-order chi connectivity index (χ0) is 16.4. The molecule has 1 aliphatic rings. The van der Waals surface area contributed by atoms with Gasteiger partial charge in [-0.1, -0.05) is 66.7 Å². The lowest BCUT2D eigenvalue weighted by Crippen LogP contribution is -2.37. The summed E-state index contributed by atoms with van der Waals surface area (Å²) < 4.78 is 0. The second kappa shape index (κ2) is 6.47. The van der Waals surface area contributed by atoms with E-state index in [0.29, 0.717) is 13.0 Å². The van der Waals surface area contributed by atoms with Crippen molar-refractivity contribution in [3.05, 3.63) is 76.9 Å². The average molecular weight is 328 g/mol. The van der Waals surface area contributed by atoms with Gasteiger partial charge >= 0.3 is 6.09 Å². The SMILES string of the molecule is C=Cc1cc(Cc2ccccc2)cc2c1CCN(C(=O)O)C2Cl. The van der Waals surface area contributed by atoms with Crippen molar-refractivity contribution < 1.29 is 9.90 Å². The third kappa shape index (κ3) is 3.10. The lowest BCUT2D eigenvalue weighted by molar-refractivity contribution is 0.137. The van der Waals surface area contributed by atoms with Crippen LogP contribution < -0.4 is 0 Å². The first-order chi connectivity index (χ1) is 11.1. The van der Waals surface area contributed by atoms with Gasteiger partial charge in [0.15, 0.2) is 0 Å². The number of carboxylic acid groups (broad SMARTS) is 1. The summed E-state index contributed by atoms with van der Waals surface area (Å²) in [5.74, 6) is 0. The molecule has 23 heavy (non-hydrogen) atoms. The maximum Gasteiger partial charge on any atom is 0.408 e. The van der Waals surface area contributed by atoms with Gasteiger partial charge in [0.1, 0.15) is 5.50 Å². The van der Waals surface area contributed by atoms with E-state index < -0.39 is 11.6 Å². The summed E-state index contributed by atoms with van der Waals surface area (Å²) in [6.07, 6.45) is 2.29. The Balaban J connectivity index is 2.01. The van der Waals surface area contributed by atoms with Crippen molar-refractivity contribution in [3.8, 4) is 0 Å². The van der Waals surface area contributed by atoms with Crippen molar-refractivity contribution in [2.45, 2.75) is 18.3 Å². The van der Waals surface area contributed by atoms with Crippen LogP contribution in [0.15, 0.2) is 49.0 Å². The molecule has 0 saturated heterocycles. The van der Waals surface area contributed by atoms with Crippen LogP contribution in [-0.2, 0) is 12.8 Å². The van der Waals surface area contributed by atoms with Crippen molar-refractivity contribution in [3.63, 3.8) is 0 Å². The van der Waals surface area contributed by atoms with Gasteiger partial charge in [-0.05, 0) is 40.7 Å². The summed E-state index contributed by atoms with van der Waals surface area (Å²) in [5, 5.41) is 9.29. The molecule has 1 unspecified atom stereocenters. The fourth-order valence-corrected chi connectivity index (χ4v) is 3.48. The van der Waals surface area contributed by atoms with Crippen molar-refractivity contribution >= 4 is 23.8 Å². The highest BCUT2D eigenvalue weighted by Crippen LogP contribution is 2.36. The molecule has 0 radical (unpaired) electrons. The fraction of sp³-hybridized carbons (Fsp3) is 0.211. The number of hydrogen-bond donors (Lipinski definition) is 1. The number of amides is 1. The molecule has 3 nitrogen and oxygen atoms in total. The van der Waals surface area contributed by atoms with Crippen LogP contribution in [-0.4, -0.2) is 22.6 Å². The maximum absolute atomic E-state index is 11.3. The van der Waals surface area contributed by atoms with E-state index in [4.69, 9.17) is 11.6 Å². The standard InChI is InChI=1S/C19H18ClNO2/c1-2-15-11-14(10-13-6-4-3-5-7-13)12-17-16(15)8-9-21(18(17)20)19(22)23/h2-7,11-12,18H,1,8-10H2,(H,22,23). The van der Waals surface area contributed by atoms with E-state index in [1.165, 1.54) is 10.5 Å². The Morgan fingerprint density at radius 3 is 2.70 bits per heavy atom. The highest BCUT2D eigenvalue weighted by atomic mass is 35.5. The molecular weight excluding hydrogens is 310 g/mol. The summed E-state index contributed by atoms with van der Waals surface area (Å²) >= 11 is 6.42. The molecule has 0 bridgehead atoms. The zero-order valence-corrected chi connectivity index (χ0v) is 13.5. The van der Waals surface area contributed by atoms with E-state index in [9.17, 15) is 9.90 Å². The van der Waals surface area contributed by atoms with Crippen LogP contribution >= 0.6 is 11.6 Å². The van der Waals surface area contributed by atoms with E-state index in [-0.39, 0.29) is 0 Å². The van der Waals surface area contributed by atoms with E-state index in [1.54, 1.807) is 0 Å². The molecule has 1 heterocycles. The molecule has 0 saturated carbocycles. The molecule has 1 atom stereocenters. The monoisotopic (exact) mass is 327 g/mol. The Hall–Kier alpha value is -2.26. The minimum Gasteiger partial charge on any atom is -0.465 e. The van der Waals surface area contributed by atoms with Gasteiger partial charge in [-0.3, -0.25) is 4.90 Å². The first kappa shape index (κ1) is 15.6. The predicted molar refractivity (Wildman–Crippen MR) is 92.8 cm³/mol. The third-order valence-corrected chi connectivity index (χ3v) is 4.70. The minimum absolute atomic E-state index is 0.412. The molecule has 2 aromatic carbocycles. The third-order valence-electron chi connectivity index (χ3n) is 4.23. The van der Waals surface area contributed by atoms with Gasteiger partial charge in [-0.25, -0.2) is 4.79 Å². The van der Waals surface area contributed by atoms with Gasteiger partial charge < -0.3 is 5.11 Å². The van der Waals surface area contributed by atoms with Gasteiger partial charge in [0.2, 0.25) is 0 Å². The Morgan fingerprint density at radius 1 is 1.30 bits per heavy atom. The number of fused-ring (bicyclic) bond motifs is 1. The topological polar surface area (TPSA) is 40.5 Å². The molecule has 2 aromatic rings. The average Bonchev–Trinajstić information content (AvgIpc) is 2.55. The Kier molecular flexibility index (Phi) is 4.39. The number of carbonyl (C=O) groups is 1. The molecule has 3 rings (SSSR count). The Labute approximate surface area is 140 Å². The Morgan fingerprint density at radius 2 is 2.04 bits per heavy atom. The van der Waals surface area contributed by atoms with Crippen LogP contribution in [0, 0.1) is 0 Å². The molecule has 118 valence electrons. The van der Waals surface area contributed by atoms with Crippen molar-refractivity contribution in [1.82, 2.24) is 4.90 Å². The largest absolute Gasteiger partial charge is 0.465 e. The first-order valence-corrected chi connectivity index (χ1v) is 7.99. The predicted octanol–water partition coefficient (Wildman–Crippen LogP) is 4.69. The van der Waals surface area contributed by atoms with Crippen LogP contribution in [0.2, 0.25) is 0 Å². The molecule has 4 heteroatoms. The number of hydrogen-bond acceptors (Lipinski definition) is 1. The summed E-state index contributed by atoms with van der Waals surface area (Å²) in [5.41, 5.74) is 4.70. The summed E-state index contributed by atoms with van der Waals surface area (Å²) in [4.78, 5) is 12.6. The molecule has 1 amide bonds. The lowest BCUT2D eigenvalue weighted by atomic mass is 9.90. The van der Waals surface area contributed by atoms with Gasteiger partial charge in [-0.15, -0.1) is 0 Å². The number of rotatable bonds is 3. The number of nitrogens with zero attached hydrogens (tertiary/aromatic N) is 1. The van der Waals surface area contributed by atoms with Gasteiger partial charge in [0, 0.05) is 6.54 Å². The maximum atomic E-state index is 11.3. The molecule has 0 spiro atoms. The molecule has 1 aliphatic heterocycles. The van der Waals surface area contributed by atoms with Crippen LogP contribution in [0.4, 0.5) is 4.79 Å². The fourth-order valence-electron chi connectivity index (χ4n) is 3.11. The van der Waals surface area contributed by atoms with Crippen LogP contribution in [0.25, 0.3) is 6.08 Å². The van der Waals surface area contributed by atoms with Crippen LogP contribution in [0.3, 0.4) is 0 Å². The molecule has 0 aliphatic carbocycles. The molecule has 1 N–H and O–H groups in total. The van der Waals surface area contributed by atoms with Crippen molar-refractivity contribution in [1.29, 1.82) is 0 Å².